The van der Waals surface area contributed by atoms with Crippen molar-refractivity contribution in [3.8, 4) is 6.07 Å². The molecule has 8 rings (SSSR count). The molecule has 8 aliphatic rings. The van der Waals surface area contributed by atoms with Gasteiger partial charge in [-0.3, -0.25) is 14.6 Å². The van der Waals surface area contributed by atoms with Crippen LogP contribution < -0.4 is 5.73 Å². The number of fused-ring (bicyclic) bond motifs is 2. The summed E-state index contributed by atoms with van der Waals surface area (Å²) >= 11 is 0. The third-order valence-electron chi connectivity index (χ3n) is 11.1. The van der Waals surface area contributed by atoms with Crippen LogP contribution in [0.5, 0.6) is 0 Å². The summed E-state index contributed by atoms with van der Waals surface area (Å²) < 4.78 is 24.4. The van der Waals surface area contributed by atoms with Crippen molar-refractivity contribution in [2.75, 3.05) is 34.0 Å². The van der Waals surface area contributed by atoms with Gasteiger partial charge in [-0.15, -0.1) is 0 Å². The number of ether oxygens (including phenoxy) is 4. The van der Waals surface area contributed by atoms with Crippen molar-refractivity contribution in [1.82, 2.24) is 9.80 Å². The number of rotatable bonds is 3. The first-order valence-corrected chi connectivity index (χ1v) is 14.7. The second-order valence-electron chi connectivity index (χ2n) is 13.1. The summed E-state index contributed by atoms with van der Waals surface area (Å²) in [5, 5.41) is 10.9. The van der Waals surface area contributed by atoms with E-state index in [9.17, 15) is 10.1 Å². The minimum atomic E-state index is -0.771. The largest absolute Gasteiger partial charge is 0.497 e. The van der Waals surface area contributed by atoms with Gasteiger partial charge >= 0.3 is 5.97 Å². The van der Waals surface area contributed by atoms with Gasteiger partial charge in [-0.25, -0.2) is 0 Å². The molecular formula is C32H40N4O5. The fourth-order valence-electron chi connectivity index (χ4n) is 10.0. The number of hydrogen-bond donors (Lipinski definition) is 1. The summed E-state index contributed by atoms with van der Waals surface area (Å²) in [6.07, 6.45) is 3.13. The summed E-state index contributed by atoms with van der Waals surface area (Å²) in [5.74, 6) is 2.03. The standard InChI is InChI=1S/C32H40N4O5/c1-15-8-21-19-9-20(11-33)36-31(5,13-34)25-22(27(41-18(4)37)17(3)28-29(25)40-14-39-28)10-32(36)24(16(2)26(15)38-7)23(21)30(32)35(6)12-19/h8,17,19-20,24,27,30H,9-10,12-14,34H2,1-7H3/t17?,19-,20+,24-,27?,30+,31?,32?/m0/s1. The van der Waals surface area contributed by atoms with Crippen molar-refractivity contribution in [3.05, 3.63) is 56.8 Å². The number of esters is 1. The number of nitrogens with zero attached hydrogens (tertiary/aromatic N) is 3. The maximum atomic E-state index is 12.5. The van der Waals surface area contributed by atoms with Crippen molar-refractivity contribution in [2.45, 2.75) is 76.7 Å². The molecule has 8 atom stereocenters. The number of methoxy groups -OCH3 is 1. The molecule has 0 aromatic heterocycles. The van der Waals surface area contributed by atoms with Gasteiger partial charge in [-0.05, 0) is 74.4 Å². The molecule has 3 aliphatic carbocycles. The number of carbonyl (C=O) groups is 1. The lowest BCUT2D eigenvalue weighted by molar-refractivity contribution is -0.156. The molecule has 218 valence electrons. The molecule has 6 bridgehead atoms. The third kappa shape index (κ3) is 3.08. The van der Waals surface area contributed by atoms with E-state index < -0.39 is 17.2 Å². The molecule has 0 aromatic carbocycles. The van der Waals surface area contributed by atoms with Gasteiger partial charge in [0.1, 0.15) is 17.6 Å². The zero-order valence-electron chi connectivity index (χ0n) is 25.0. The molecule has 1 spiro atoms. The first-order chi connectivity index (χ1) is 19.5. The Kier molecular flexibility index (Phi) is 5.71. The van der Waals surface area contributed by atoms with Crippen LogP contribution in [-0.2, 0) is 23.7 Å². The van der Waals surface area contributed by atoms with E-state index in [0.717, 1.165) is 29.0 Å². The molecule has 0 saturated heterocycles. The van der Waals surface area contributed by atoms with Crippen LogP contribution >= 0.6 is 0 Å². The van der Waals surface area contributed by atoms with E-state index in [4.69, 9.17) is 24.7 Å². The number of hydrogen-bond acceptors (Lipinski definition) is 9. The molecule has 1 saturated carbocycles. The Balaban J connectivity index is 1.57. The van der Waals surface area contributed by atoms with Crippen molar-refractivity contribution in [1.29, 1.82) is 5.26 Å². The molecule has 0 amide bonds. The second-order valence-corrected chi connectivity index (χ2v) is 13.1. The van der Waals surface area contributed by atoms with E-state index in [0.29, 0.717) is 24.4 Å². The molecular weight excluding hydrogens is 520 g/mol. The zero-order valence-corrected chi connectivity index (χ0v) is 25.0. The summed E-state index contributed by atoms with van der Waals surface area (Å²) in [6.45, 7) is 11.2. The number of nitrogens with two attached hydrogens (primary N) is 1. The Morgan fingerprint density at radius 1 is 1.32 bits per heavy atom. The van der Waals surface area contributed by atoms with E-state index in [1.807, 2.05) is 6.92 Å². The lowest BCUT2D eigenvalue weighted by atomic mass is 9.46. The first kappa shape index (κ1) is 26.8. The molecule has 0 radical (unpaired) electrons. The number of carbonyl (C=O) groups excluding carboxylic acids is 1. The minimum absolute atomic E-state index is 0.0249. The lowest BCUT2D eigenvalue weighted by Gasteiger charge is -2.74. The highest BCUT2D eigenvalue weighted by molar-refractivity contribution is 5.68. The topological polar surface area (TPSA) is 110 Å². The Labute approximate surface area is 241 Å². The van der Waals surface area contributed by atoms with E-state index in [2.05, 4.69) is 49.8 Å². The van der Waals surface area contributed by atoms with Gasteiger partial charge in [-0.2, -0.15) is 5.26 Å². The Morgan fingerprint density at radius 3 is 2.73 bits per heavy atom. The molecule has 9 heteroatoms. The van der Waals surface area contributed by atoms with Crippen molar-refractivity contribution in [3.63, 3.8) is 0 Å². The summed E-state index contributed by atoms with van der Waals surface area (Å²) in [7, 11) is 3.96. The molecule has 0 aromatic rings. The van der Waals surface area contributed by atoms with Crippen LogP contribution in [0.25, 0.3) is 0 Å². The predicted molar refractivity (Wildman–Crippen MR) is 150 cm³/mol. The lowest BCUT2D eigenvalue weighted by Crippen LogP contribution is -2.84. The Bertz CT molecular complexity index is 1460. The van der Waals surface area contributed by atoms with Crippen LogP contribution in [0, 0.1) is 29.1 Å². The Morgan fingerprint density at radius 2 is 2.07 bits per heavy atom. The van der Waals surface area contributed by atoms with Crippen LogP contribution in [0.4, 0.5) is 0 Å². The number of likely N-dealkylation sites (N-methyl/N-ethyl adjacent to an activating group) is 1. The minimum Gasteiger partial charge on any atom is -0.497 e. The number of allylic oxidation sites excluding steroid dienone is 2. The molecule has 5 heterocycles. The normalized spacial score (nSPS) is 41.1. The van der Waals surface area contributed by atoms with Gasteiger partial charge in [0, 0.05) is 31.5 Å². The van der Waals surface area contributed by atoms with E-state index in [-0.39, 0.29) is 49.1 Å². The van der Waals surface area contributed by atoms with Gasteiger partial charge in [0.15, 0.2) is 5.76 Å². The van der Waals surface area contributed by atoms with Crippen molar-refractivity contribution >= 4 is 5.97 Å². The van der Waals surface area contributed by atoms with E-state index >= 15 is 0 Å². The fourth-order valence-corrected chi connectivity index (χ4v) is 10.0. The number of nitriles is 1. The molecule has 4 unspecified atom stereocenters. The van der Waals surface area contributed by atoms with E-state index in [1.165, 1.54) is 23.6 Å². The van der Waals surface area contributed by atoms with Gasteiger partial charge in [0.2, 0.25) is 6.79 Å². The smallest absolute Gasteiger partial charge is 0.303 e. The molecule has 9 nitrogen and oxygen atoms in total. The van der Waals surface area contributed by atoms with E-state index in [1.54, 1.807) is 7.11 Å². The second kappa shape index (κ2) is 8.73. The monoisotopic (exact) mass is 560 g/mol. The molecule has 5 aliphatic heterocycles. The van der Waals surface area contributed by atoms with Gasteiger partial charge < -0.3 is 24.7 Å². The SMILES string of the molecule is COC1=C(C)[C@H]2C3=C(C=C1C)[C@H]1C[C@H](C#N)N4C(C)(CN)C5=C(CC24[C@@H]3N(C)C1)C(OC(C)=O)C(C)C1=C5OCO1. The summed E-state index contributed by atoms with van der Waals surface area (Å²) in [5.41, 5.74) is 12.6. The third-order valence-corrected chi connectivity index (χ3v) is 11.1. The maximum absolute atomic E-state index is 12.5. The molecule has 1 fully saturated rings. The fraction of sp³-hybridized carbons (Fsp3) is 0.625. The van der Waals surface area contributed by atoms with Crippen LogP contribution in [0.3, 0.4) is 0 Å². The van der Waals surface area contributed by atoms with Crippen LogP contribution in [0.15, 0.2) is 56.8 Å². The van der Waals surface area contributed by atoms with Gasteiger partial charge in [-0.1, -0.05) is 13.0 Å². The van der Waals surface area contributed by atoms with Gasteiger partial charge in [0.05, 0.1) is 42.3 Å². The van der Waals surface area contributed by atoms with Gasteiger partial charge in [0.25, 0.3) is 0 Å². The zero-order chi connectivity index (χ0) is 29.2. The average molecular weight is 561 g/mol. The van der Waals surface area contributed by atoms with Crippen molar-refractivity contribution < 1.29 is 23.7 Å². The van der Waals surface area contributed by atoms with Crippen LogP contribution in [0.1, 0.15) is 47.5 Å². The van der Waals surface area contributed by atoms with Crippen molar-refractivity contribution in [2.24, 2.45) is 23.5 Å². The predicted octanol–water partition coefficient (Wildman–Crippen LogP) is 3.27. The quantitative estimate of drug-likeness (QED) is 0.520. The highest BCUT2D eigenvalue weighted by atomic mass is 16.7. The summed E-state index contributed by atoms with van der Waals surface area (Å²) in [6, 6.07) is 2.45. The van der Waals surface area contributed by atoms with Crippen LogP contribution in [0.2, 0.25) is 0 Å². The molecule has 2 N–H and O–H groups in total. The highest BCUT2D eigenvalue weighted by Crippen LogP contribution is 2.68. The van der Waals surface area contributed by atoms with Crippen LogP contribution in [-0.4, -0.2) is 79.1 Å². The highest BCUT2D eigenvalue weighted by Gasteiger charge is 2.74. The first-order valence-electron chi connectivity index (χ1n) is 14.7. The Hall–Kier alpha value is -3.06. The summed E-state index contributed by atoms with van der Waals surface area (Å²) in [4.78, 5) is 17.5. The maximum Gasteiger partial charge on any atom is 0.303 e. The average Bonchev–Trinajstić information content (AvgIpc) is 3.36. The molecule has 41 heavy (non-hydrogen) atoms.